The Kier molecular flexibility index (Phi) is 3.41. The first-order chi connectivity index (χ1) is 10.8. The summed E-state index contributed by atoms with van der Waals surface area (Å²) >= 11 is 0. The van der Waals surface area contributed by atoms with Gasteiger partial charge < -0.3 is 5.32 Å². The minimum Gasteiger partial charge on any atom is -0.382 e. The molecule has 4 heterocycles. The number of benzene rings is 1. The first-order valence-corrected chi connectivity index (χ1v) is 7.83. The van der Waals surface area contributed by atoms with E-state index in [1.54, 1.807) is 6.20 Å². The summed E-state index contributed by atoms with van der Waals surface area (Å²) in [6.45, 7) is 6.70. The second-order valence-corrected chi connectivity index (χ2v) is 6.05. The van der Waals surface area contributed by atoms with E-state index < -0.39 is 0 Å². The number of fused-ring (bicyclic) bond motifs is 4. The Morgan fingerprint density at radius 2 is 2.05 bits per heavy atom. The Hall–Kier alpha value is -2.16. The smallest absolute Gasteiger partial charge is 0.103 e. The predicted molar refractivity (Wildman–Crippen MR) is 86.7 cm³/mol. The number of nitriles is 1. The molecule has 0 radical (unpaired) electrons. The van der Waals surface area contributed by atoms with Gasteiger partial charge in [0.05, 0.1) is 16.8 Å². The number of nitrogens with zero attached hydrogens (tertiary/aromatic N) is 4. The Bertz CT molecular complexity index is 727. The molecule has 2 bridgehead atoms. The molecule has 3 aliphatic heterocycles. The van der Waals surface area contributed by atoms with Gasteiger partial charge >= 0.3 is 0 Å². The summed E-state index contributed by atoms with van der Waals surface area (Å²) < 4.78 is 0. The second kappa shape index (κ2) is 5.56. The van der Waals surface area contributed by atoms with Crippen molar-refractivity contribution in [2.75, 3.05) is 44.6 Å². The Morgan fingerprint density at radius 3 is 2.77 bits per heavy atom. The minimum absolute atomic E-state index is 0.529. The molecule has 5 heteroatoms. The van der Waals surface area contributed by atoms with E-state index in [1.165, 1.54) is 13.1 Å². The molecule has 1 unspecified atom stereocenters. The summed E-state index contributed by atoms with van der Waals surface area (Å²) in [7, 11) is 0. The highest BCUT2D eigenvalue weighted by Crippen LogP contribution is 2.26. The number of hydrogen-bond acceptors (Lipinski definition) is 5. The van der Waals surface area contributed by atoms with Crippen molar-refractivity contribution in [3.8, 4) is 6.07 Å². The standard InChI is InChI=1S/C17H19N5/c18-9-13-10-19-16-4-2-1-3-15(16)17(13)20-11-14-12-21-5-7-22(14)8-6-21/h1-4,10,14H,5-8,11-12H2,(H,19,20). The lowest BCUT2D eigenvalue weighted by Crippen LogP contribution is -2.62. The van der Waals surface area contributed by atoms with E-state index in [9.17, 15) is 5.26 Å². The van der Waals surface area contributed by atoms with Crippen LogP contribution in [-0.4, -0.2) is 60.1 Å². The van der Waals surface area contributed by atoms with Gasteiger partial charge in [0, 0.05) is 56.9 Å². The zero-order chi connectivity index (χ0) is 14.9. The van der Waals surface area contributed by atoms with Gasteiger partial charge in [0.15, 0.2) is 0 Å². The van der Waals surface area contributed by atoms with Crippen LogP contribution in [0, 0.1) is 11.3 Å². The summed E-state index contributed by atoms with van der Waals surface area (Å²) in [6.07, 6.45) is 1.67. The van der Waals surface area contributed by atoms with Gasteiger partial charge in [-0.05, 0) is 6.07 Å². The average Bonchev–Trinajstić information content (AvgIpc) is 2.60. The molecule has 1 aromatic heterocycles. The highest BCUT2D eigenvalue weighted by Gasteiger charge is 2.31. The third kappa shape index (κ3) is 2.31. The van der Waals surface area contributed by atoms with Gasteiger partial charge in [0.2, 0.25) is 0 Å². The molecule has 0 saturated carbocycles. The van der Waals surface area contributed by atoms with E-state index in [0.29, 0.717) is 11.6 Å². The van der Waals surface area contributed by atoms with E-state index in [4.69, 9.17) is 0 Å². The minimum atomic E-state index is 0.529. The lowest BCUT2D eigenvalue weighted by atomic mass is 10.1. The van der Waals surface area contributed by atoms with Crippen molar-refractivity contribution in [2.45, 2.75) is 6.04 Å². The summed E-state index contributed by atoms with van der Waals surface area (Å²) in [6, 6.07) is 10.8. The molecule has 0 amide bonds. The van der Waals surface area contributed by atoms with Crippen LogP contribution in [0.3, 0.4) is 0 Å². The van der Waals surface area contributed by atoms with Gasteiger partial charge in [-0.3, -0.25) is 14.8 Å². The van der Waals surface area contributed by atoms with Crippen LogP contribution < -0.4 is 5.32 Å². The number of rotatable bonds is 3. The molecule has 3 aliphatic rings. The van der Waals surface area contributed by atoms with Crippen molar-refractivity contribution < 1.29 is 0 Å². The van der Waals surface area contributed by atoms with Crippen LogP contribution in [0.4, 0.5) is 5.69 Å². The third-order valence-electron chi connectivity index (χ3n) is 4.80. The normalized spacial score (nSPS) is 26.8. The van der Waals surface area contributed by atoms with Crippen molar-refractivity contribution in [1.29, 1.82) is 5.26 Å². The highest BCUT2D eigenvalue weighted by atomic mass is 15.3. The van der Waals surface area contributed by atoms with Gasteiger partial charge in [-0.2, -0.15) is 5.26 Å². The summed E-state index contributed by atoms with van der Waals surface area (Å²) in [5, 5.41) is 13.9. The number of nitrogens with one attached hydrogen (secondary N) is 1. The second-order valence-electron chi connectivity index (χ2n) is 6.05. The van der Waals surface area contributed by atoms with Crippen LogP contribution in [0.5, 0.6) is 0 Å². The molecule has 3 saturated heterocycles. The lowest BCUT2D eigenvalue weighted by molar-refractivity contribution is 0.0189. The molecule has 112 valence electrons. The molecule has 5 rings (SSSR count). The van der Waals surface area contributed by atoms with Crippen LogP contribution >= 0.6 is 0 Å². The van der Waals surface area contributed by atoms with E-state index in [-0.39, 0.29) is 0 Å². The zero-order valence-electron chi connectivity index (χ0n) is 12.5. The molecular formula is C17H19N5. The van der Waals surface area contributed by atoms with Gasteiger partial charge in [-0.1, -0.05) is 18.2 Å². The Morgan fingerprint density at radius 1 is 1.23 bits per heavy atom. The maximum Gasteiger partial charge on any atom is 0.103 e. The van der Waals surface area contributed by atoms with Crippen LogP contribution in [0.2, 0.25) is 0 Å². The van der Waals surface area contributed by atoms with Crippen LogP contribution in [-0.2, 0) is 0 Å². The molecular weight excluding hydrogens is 274 g/mol. The maximum atomic E-state index is 9.37. The first-order valence-electron chi connectivity index (χ1n) is 7.83. The molecule has 1 N–H and O–H groups in total. The van der Waals surface area contributed by atoms with E-state index in [2.05, 4.69) is 26.2 Å². The average molecular weight is 293 g/mol. The monoisotopic (exact) mass is 293 g/mol. The Balaban J connectivity index is 1.60. The molecule has 3 fully saturated rings. The third-order valence-corrected chi connectivity index (χ3v) is 4.80. The highest BCUT2D eigenvalue weighted by molar-refractivity contribution is 5.93. The Labute approximate surface area is 130 Å². The molecule has 5 nitrogen and oxygen atoms in total. The molecule has 1 atom stereocenters. The SMILES string of the molecule is N#Cc1cnc2ccccc2c1NCC1CN2CCN1CC2. The topological polar surface area (TPSA) is 55.2 Å². The van der Waals surface area contributed by atoms with Crippen molar-refractivity contribution in [3.63, 3.8) is 0 Å². The summed E-state index contributed by atoms with van der Waals surface area (Å²) in [4.78, 5) is 9.45. The quantitative estimate of drug-likeness (QED) is 0.930. The number of anilines is 1. The van der Waals surface area contributed by atoms with Gasteiger partial charge in [-0.25, -0.2) is 0 Å². The van der Waals surface area contributed by atoms with E-state index in [0.717, 1.165) is 42.8 Å². The predicted octanol–water partition coefficient (Wildman–Crippen LogP) is 1.52. The fourth-order valence-electron chi connectivity index (χ4n) is 3.55. The van der Waals surface area contributed by atoms with Gasteiger partial charge in [0.1, 0.15) is 6.07 Å². The lowest BCUT2D eigenvalue weighted by Gasteiger charge is -2.47. The first kappa shape index (κ1) is 13.5. The van der Waals surface area contributed by atoms with Crippen molar-refractivity contribution in [2.24, 2.45) is 0 Å². The van der Waals surface area contributed by atoms with Gasteiger partial charge in [-0.15, -0.1) is 0 Å². The van der Waals surface area contributed by atoms with Crippen molar-refractivity contribution in [3.05, 3.63) is 36.0 Å². The maximum absolute atomic E-state index is 9.37. The summed E-state index contributed by atoms with van der Waals surface area (Å²) in [5.41, 5.74) is 2.47. The summed E-state index contributed by atoms with van der Waals surface area (Å²) in [5.74, 6) is 0. The number of aromatic nitrogens is 1. The molecule has 0 aliphatic carbocycles. The van der Waals surface area contributed by atoms with Crippen LogP contribution in [0.1, 0.15) is 5.56 Å². The number of pyridine rings is 1. The van der Waals surface area contributed by atoms with Crippen LogP contribution in [0.25, 0.3) is 10.9 Å². The van der Waals surface area contributed by atoms with E-state index in [1.807, 2.05) is 24.3 Å². The van der Waals surface area contributed by atoms with Crippen molar-refractivity contribution >= 4 is 16.6 Å². The van der Waals surface area contributed by atoms with Crippen LogP contribution in [0.15, 0.2) is 30.5 Å². The number of para-hydroxylation sites is 1. The molecule has 2 aromatic rings. The largest absolute Gasteiger partial charge is 0.382 e. The number of piperazine rings is 3. The molecule has 1 aromatic carbocycles. The zero-order valence-corrected chi connectivity index (χ0v) is 12.5. The van der Waals surface area contributed by atoms with Crippen molar-refractivity contribution in [1.82, 2.24) is 14.8 Å². The van der Waals surface area contributed by atoms with E-state index >= 15 is 0 Å². The number of hydrogen-bond donors (Lipinski definition) is 1. The molecule has 0 spiro atoms. The fourth-order valence-corrected chi connectivity index (χ4v) is 3.55. The van der Waals surface area contributed by atoms with Gasteiger partial charge in [0.25, 0.3) is 0 Å². The fraction of sp³-hybridized carbons (Fsp3) is 0.412. The molecule has 22 heavy (non-hydrogen) atoms.